The molecule has 2 unspecified atom stereocenters. The third-order valence-electron chi connectivity index (χ3n) is 4.40. The Morgan fingerprint density at radius 2 is 1.86 bits per heavy atom. The summed E-state index contributed by atoms with van der Waals surface area (Å²) in [6.45, 7) is 2.29. The van der Waals surface area contributed by atoms with Crippen molar-refractivity contribution in [2.75, 3.05) is 6.54 Å². The lowest BCUT2D eigenvalue weighted by atomic mass is 9.85. The van der Waals surface area contributed by atoms with Crippen LogP contribution in [-0.2, 0) is 4.79 Å². The number of hydrogen-bond acceptors (Lipinski definition) is 3. The number of nitrogens with two attached hydrogens (primary N) is 1. The van der Waals surface area contributed by atoms with Crippen LogP contribution in [-0.4, -0.2) is 23.7 Å². The van der Waals surface area contributed by atoms with Crippen molar-refractivity contribution in [2.24, 2.45) is 11.7 Å². The van der Waals surface area contributed by atoms with E-state index in [1.165, 1.54) is 19.3 Å². The van der Waals surface area contributed by atoms with Gasteiger partial charge in [-0.25, -0.2) is 0 Å². The molecule has 5 heteroatoms. The van der Waals surface area contributed by atoms with Crippen molar-refractivity contribution in [3.63, 3.8) is 0 Å². The Balaban J connectivity index is 0.00000242. The highest BCUT2D eigenvalue weighted by Gasteiger charge is 2.23. The Morgan fingerprint density at radius 1 is 1.27 bits per heavy atom. The molecule has 4 nitrogen and oxygen atoms in total. The molecule has 1 aliphatic rings. The minimum Gasteiger partial charge on any atom is -0.391 e. The fraction of sp³-hybridized carbons (Fsp3) is 0.588. The first kappa shape index (κ1) is 18.9. The van der Waals surface area contributed by atoms with Gasteiger partial charge in [-0.3, -0.25) is 4.79 Å². The van der Waals surface area contributed by atoms with Gasteiger partial charge in [0.2, 0.25) is 5.91 Å². The van der Waals surface area contributed by atoms with E-state index in [-0.39, 0.29) is 18.3 Å². The van der Waals surface area contributed by atoms with Crippen LogP contribution in [0.25, 0.3) is 0 Å². The number of halogens is 1. The summed E-state index contributed by atoms with van der Waals surface area (Å²) >= 11 is 0. The van der Waals surface area contributed by atoms with E-state index < -0.39 is 12.1 Å². The number of aryl methyl sites for hydroxylation is 1. The van der Waals surface area contributed by atoms with E-state index in [1.807, 2.05) is 31.2 Å². The summed E-state index contributed by atoms with van der Waals surface area (Å²) in [6, 6.07) is 6.96. The molecule has 0 heterocycles. The monoisotopic (exact) mass is 326 g/mol. The van der Waals surface area contributed by atoms with Crippen LogP contribution in [0.1, 0.15) is 49.3 Å². The second kappa shape index (κ2) is 9.13. The standard InChI is InChI=1S/C17H26N2O2.ClH/c1-12-7-9-14(10-8-12)16(18)17(21)19-11-15(20)13-5-3-2-4-6-13;/h7-10,13,15-16,20H,2-6,11,18H2,1H3,(H,19,21);1H. The molecule has 2 atom stereocenters. The van der Waals surface area contributed by atoms with Crippen LogP contribution in [0.15, 0.2) is 24.3 Å². The molecule has 1 aromatic rings. The van der Waals surface area contributed by atoms with Crippen molar-refractivity contribution in [2.45, 2.75) is 51.2 Å². The van der Waals surface area contributed by atoms with Crippen molar-refractivity contribution in [3.05, 3.63) is 35.4 Å². The highest BCUT2D eigenvalue weighted by Crippen LogP contribution is 2.26. The third-order valence-corrected chi connectivity index (χ3v) is 4.40. The van der Waals surface area contributed by atoms with Crippen molar-refractivity contribution < 1.29 is 9.90 Å². The molecule has 124 valence electrons. The van der Waals surface area contributed by atoms with Gasteiger partial charge in [-0.05, 0) is 31.2 Å². The number of carbonyl (C=O) groups excluding carboxylic acids is 1. The minimum atomic E-state index is -0.677. The van der Waals surface area contributed by atoms with Gasteiger partial charge in [0, 0.05) is 6.54 Å². The zero-order chi connectivity index (χ0) is 15.2. The number of aliphatic hydroxyl groups is 1. The normalized spacial score (nSPS) is 18.1. The second-order valence-corrected chi connectivity index (χ2v) is 6.10. The largest absolute Gasteiger partial charge is 0.391 e. The molecule has 0 saturated heterocycles. The van der Waals surface area contributed by atoms with Gasteiger partial charge >= 0.3 is 0 Å². The summed E-state index contributed by atoms with van der Waals surface area (Å²) in [6.07, 6.45) is 5.27. The van der Waals surface area contributed by atoms with Crippen LogP contribution in [0.4, 0.5) is 0 Å². The molecule has 0 radical (unpaired) electrons. The SMILES string of the molecule is Cc1ccc(C(N)C(=O)NCC(O)C2CCCCC2)cc1.Cl. The van der Waals surface area contributed by atoms with E-state index in [0.717, 1.165) is 24.0 Å². The van der Waals surface area contributed by atoms with Gasteiger partial charge in [0.1, 0.15) is 6.04 Å². The zero-order valence-corrected chi connectivity index (χ0v) is 13.9. The van der Waals surface area contributed by atoms with Crippen LogP contribution in [0.3, 0.4) is 0 Å². The molecule has 2 rings (SSSR count). The summed E-state index contributed by atoms with van der Waals surface area (Å²) in [5.74, 6) is 0.0864. The summed E-state index contributed by atoms with van der Waals surface area (Å²) in [4.78, 5) is 12.1. The molecule has 1 fully saturated rings. The van der Waals surface area contributed by atoms with Gasteiger partial charge in [0.05, 0.1) is 6.10 Å². The van der Waals surface area contributed by atoms with E-state index in [9.17, 15) is 9.90 Å². The fourth-order valence-electron chi connectivity index (χ4n) is 2.93. The molecular formula is C17H27ClN2O2. The third kappa shape index (κ3) is 5.27. The summed E-state index contributed by atoms with van der Waals surface area (Å²) in [7, 11) is 0. The lowest BCUT2D eigenvalue weighted by Crippen LogP contribution is -2.41. The van der Waals surface area contributed by atoms with Crippen LogP contribution in [0, 0.1) is 12.8 Å². The number of rotatable bonds is 5. The topological polar surface area (TPSA) is 75.4 Å². The van der Waals surface area contributed by atoms with E-state index in [1.54, 1.807) is 0 Å². The lowest BCUT2D eigenvalue weighted by Gasteiger charge is -2.27. The first-order chi connectivity index (χ1) is 10.1. The highest BCUT2D eigenvalue weighted by molar-refractivity contribution is 5.85. The Kier molecular flexibility index (Phi) is 7.87. The van der Waals surface area contributed by atoms with Gasteiger partial charge in [0.25, 0.3) is 0 Å². The molecule has 0 aromatic heterocycles. The number of aliphatic hydroxyl groups excluding tert-OH is 1. The van der Waals surface area contributed by atoms with Crippen molar-refractivity contribution >= 4 is 18.3 Å². The van der Waals surface area contributed by atoms with Gasteiger partial charge in [-0.15, -0.1) is 12.4 Å². The van der Waals surface area contributed by atoms with Gasteiger partial charge in [0.15, 0.2) is 0 Å². The zero-order valence-electron chi connectivity index (χ0n) is 13.1. The molecule has 0 spiro atoms. The van der Waals surface area contributed by atoms with E-state index in [2.05, 4.69) is 5.32 Å². The molecule has 0 aliphatic heterocycles. The van der Waals surface area contributed by atoms with Crippen molar-refractivity contribution in [1.82, 2.24) is 5.32 Å². The smallest absolute Gasteiger partial charge is 0.241 e. The first-order valence-corrected chi connectivity index (χ1v) is 7.86. The Morgan fingerprint density at radius 3 is 2.45 bits per heavy atom. The average molecular weight is 327 g/mol. The quantitative estimate of drug-likeness (QED) is 0.778. The maximum absolute atomic E-state index is 12.1. The van der Waals surface area contributed by atoms with Crippen molar-refractivity contribution in [3.8, 4) is 0 Å². The minimum absolute atomic E-state index is 0. The summed E-state index contributed by atoms with van der Waals surface area (Å²) in [5.41, 5.74) is 7.89. The van der Waals surface area contributed by atoms with Crippen LogP contribution < -0.4 is 11.1 Å². The van der Waals surface area contributed by atoms with E-state index in [0.29, 0.717) is 12.5 Å². The number of carbonyl (C=O) groups is 1. The molecule has 1 saturated carbocycles. The maximum atomic E-state index is 12.1. The molecule has 4 N–H and O–H groups in total. The summed E-state index contributed by atoms with van der Waals surface area (Å²) in [5, 5.41) is 12.9. The molecule has 1 amide bonds. The lowest BCUT2D eigenvalue weighted by molar-refractivity contribution is -0.123. The molecule has 22 heavy (non-hydrogen) atoms. The Labute approximate surface area is 138 Å². The van der Waals surface area contributed by atoms with Gasteiger partial charge in [-0.1, -0.05) is 49.1 Å². The Bertz CT molecular complexity index is 458. The number of hydrogen-bond donors (Lipinski definition) is 3. The van der Waals surface area contributed by atoms with Gasteiger partial charge in [-0.2, -0.15) is 0 Å². The molecule has 1 aliphatic carbocycles. The summed E-state index contributed by atoms with van der Waals surface area (Å²) < 4.78 is 0. The average Bonchev–Trinajstić information content (AvgIpc) is 2.53. The predicted molar refractivity (Wildman–Crippen MR) is 90.9 cm³/mol. The first-order valence-electron chi connectivity index (χ1n) is 7.86. The fourth-order valence-corrected chi connectivity index (χ4v) is 2.93. The predicted octanol–water partition coefficient (Wildman–Crippen LogP) is 2.47. The second-order valence-electron chi connectivity index (χ2n) is 6.10. The molecule has 0 bridgehead atoms. The number of benzene rings is 1. The molecule has 1 aromatic carbocycles. The van der Waals surface area contributed by atoms with Crippen LogP contribution in [0.5, 0.6) is 0 Å². The van der Waals surface area contributed by atoms with E-state index >= 15 is 0 Å². The number of amides is 1. The Hall–Kier alpha value is -1.10. The highest BCUT2D eigenvalue weighted by atomic mass is 35.5. The van der Waals surface area contributed by atoms with Crippen LogP contribution in [0.2, 0.25) is 0 Å². The number of nitrogens with one attached hydrogen (secondary N) is 1. The molecular weight excluding hydrogens is 300 g/mol. The maximum Gasteiger partial charge on any atom is 0.241 e. The van der Waals surface area contributed by atoms with Gasteiger partial charge < -0.3 is 16.2 Å². The van der Waals surface area contributed by atoms with Crippen molar-refractivity contribution in [1.29, 1.82) is 0 Å². The van der Waals surface area contributed by atoms with Crippen LogP contribution >= 0.6 is 12.4 Å². The van der Waals surface area contributed by atoms with E-state index in [4.69, 9.17) is 5.73 Å².